The summed E-state index contributed by atoms with van der Waals surface area (Å²) in [4.78, 5) is 16.7. The number of halogens is 1. The van der Waals surface area contributed by atoms with Gasteiger partial charge in [0, 0.05) is 5.56 Å². The lowest BCUT2D eigenvalue weighted by atomic mass is 9.99. The van der Waals surface area contributed by atoms with Crippen molar-refractivity contribution in [2.75, 3.05) is 0 Å². The molecule has 1 amide bonds. The molecule has 0 unspecified atom stereocenters. The molecule has 0 saturated carbocycles. The first kappa shape index (κ1) is 17.8. The lowest BCUT2D eigenvalue weighted by Crippen LogP contribution is -2.28. The fourth-order valence-electron chi connectivity index (χ4n) is 2.79. The van der Waals surface area contributed by atoms with Gasteiger partial charge >= 0.3 is 0 Å². The molecule has 0 saturated heterocycles. The molecular weight excluding hydrogens is 333 g/mol. The average molecular weight is 353 g/mol. The van der Waals surface area contributed by atoms with Crippen LogP contribution in [0.3, 0.4) is 0 Å². The molecule has 1 aromatic heterocycles. The van der Waals surface area contributed by atoms with E-state index in [0.29, 0.717) is 23.7 Å². The Balaban J connectivity index is 1.76. The van der Waals surface area contributed by atoms with Crippen LogP contribution in [-0.4, -0.2) is 16.0 Å². The van der Waals surface area contributed by atoms with E-state index in [2.05, 4.69) is 15.5 Å². The molecule has 26 heavy (non-hydrogen) atoms. The zero-order chi connectivity index (χ0) is 18.7. The minimum absolute atomic E-state index is 0.213. The maximum Gasteiger partial charge on any atom is 0.251 e. The van der Waals surface area contributed by atoms with Gasteiger partial charge in [0.05, 0.1) is 0 Å². The maximum absolute atomic E-state index is 13.3. The minimum atomic E-state index is -0.331. The Kier molecular flexibility index (Phi) is 5.11. The normalized spacial score (nSPS) is 12.0. The highest BCUT2D eigenvalue weighted by Crippen LogP contribution is 2.24. The summed E-state index contributed by atoms with van der Waals surface area (Å²) in [5.41, 5.74) is 3.24. The largest absolute Gasteiger partial charge is 0.340 e. The number of benzene rings is 2. The Morgan fingerprint density at radius 1 is 1.19 bits per heavy atom. The first-order valence-corrected chi connectivity index (χ1v) is 8.45. The summed E-state index contributed by atoms with van der Waals surface area (Å²) in [6, 6.07) is 11.5. The van der Waals surface area contributed by atoms with E-state index in [1.165, 1.54) is 12.1 Å². The number of nitrogens with zero attached hydrogens (tertiary/aromatic N) is 2. The molecule has 0 fully saturated rings. The second-order valence-corrected chi connectivity index (χ2v) is 6.15. The second kappa shape index (κ2) is 7.47. The molecular formula is C20H20FN3O2. The predicted octanol–water partition coefficient (Wildman–Crippen LogP) is 4.37. The Bertz CT molecular complexity index is 919. The van der Waals surface area contributed by atoms with E-state index >= 15 is 0 Å². The Labute approximate surface area is 151 Å². The summed E-state index contributed by atoms with van der Waals surface area (Å²) in [6.07, 6.45) is 0.639. The van der Waals surface area contributed by atoms with Crippen LogP contribution in [0, 0.1) is 19.7 Å². The van der Waals surface area contributed by atoms with Gasteiger partial charge in [-0.2, -0.15) is 4.98 Å². The van der Waals surface area contributed by atoms with Gasteiger partial charge in [-0.15, -0.1) is 0 Å². The van der Waals surface area contributed by atoms with Crippen molar-refractivity contribution in [2.45, 2.75) is 33.2 Å². The van der Waals surface area contributed by atoms with Gasteiger partial charge in [-0.25, -0.2) is 4.39 Å². The van der Waals surface area contributed by atoms with Crippen molar-refractivity contribution >= 4 is 5.91 Å². The standard InChI is InChI=1S/C20H20FN3O2/c1-4-18(20-22-13(3)24-26-20)23-19(25)15-7-5-14(6-8-15)17-10-9-16(21)11-12(17)2/h5-11,18H,4H2,1-3H3,(H,23,25)/t18-/m1/s1. The third-order valence-corrected chi connectivity index (χ3v) is 4.20. The van der Waals surface area contributed by atoms with Gasteiger partial charge in [-0.1, -0.05) is 30.3 Å². The highest BCUT2D eigenvalue weighted by Gasteiger charge is 2.19. The Morgan fingerprint density at radius 3 is 2.50 bits per heavy atom. The van der Waals surface area contributed by atoms with Gasteiger partial charge < -0.3 is 9.84 Å². The van der Waals surface area contributed by atoms with E-state index in [4.69, 9.17) is 4.52 Å². The molecule has 5 nitrogen and oxygen atoms in total. The van der Waals surface area contributed by atoms with Crippen molar-refractivity contribution in [3.8, 4) is 11.1 Å². The highest BCUT2D eigenvalue weighted by molar-refractivity contribution is 5.95. The summed E-state index contributed by atoms with van der Waals surface area (Å²) in [5.74, 6) is 0.461. The van der Waals surface area contributed by atoms with Crippen molar-refractivity contribution in [2.24, 2.45) is 0 Å². The highest BCUT2D eigenvalue weighted by atomic mass is 19.1. The van der Waals surface area contributed by atoms with Crippen LogP contribution in [0.1, 0.15) is 47.0 Å². The summed E-state index contributed by atoms with van der Waals surface area (Å²) in [7, 11) is 0. The zero-order valence-corrected chi connectivity index (χ0v) is 14.9. The number of aromatic nitrogens is 2. The lowest BCUT2D eigenvalue weighted by molar-refractivity contribution is 0.0927. The van der Waals surface area contributed by atoms with Crippen LogP contribution in [-0.2, 0) is 0 Å². The molecule has 0 bridgehead atoms. The van der Waals surface area contributed by atoms with E-state index in [0.717, 1.165) is 16.7 Å². The molecule has 3 rings (SSSR count). The van der Waals surface area contributed by atoms with Gasteiger partial charge in [0.25, 0.3) is 5.91 Å². The fourth-order valence-corrected chi connectivity index (χ4v) is 2.79. The molecule has 6 heteroatoms. The number of carbonyl (C=O) groups excluding carboxylic acids is 1. The molecule has 1 atom stereocenters. The van der Waals surface area contributed by atoms with Crippen LogP contribution in [0.15, 0.2) is 47.0 Å². The number of hydrogen-bond donors (Lipinski definition) is 1. The molecule has 134 valence electrons. The monoisotopic (exact) mass is 353 g/mol. The van der Waals surface area contributed by atoms with Gasteiger partial charge in [0.2, 0.25) is 5.89 Å². The van der Waals surface area contributed by atoms with Gasteiger partial charge in [-0.3, -0.25) is 4.79 Å². The van der Waals surface area contributed by atoms with E-state index in [1.807, 2.05) is 26.0 Å². The summed E-state index contributed by atoms with van der Waals surface area (Å²) >= 11 is 0. The minimum Gasteiger partial charge on any atom is -0.340 e. The van der Waals surface area contributed by atoms with Crippen LogP contribution in [0.25, 0.3) is 11.1 Å². The molecule has 1 heterocycles. The average Bonchev–Trinajstić information content (AvgIpc) is 3.06. The molecule has 0 aliphatic rings. The second-order valence-electron chi connectivity index (χ2n) is 6.15. The third kappa shape index (κ3) is 3.79. The zero-order valence-electron chi connectivity index (χ0n) is 14.9. The van der Waals surface area contributed by atoms with E-state index < -0.39 is 0 Å². The topological polar surface area (TPSA) is 68.0 Å². The number of hydrogen-bond acceptors (Lipinski definition) is 4. The fraction of sp³-hybridized carbons (Fsp3) is 0.250. The van der Waals surface area contributed by atoms with Crippen LogP contribution in [0.2, 0.25) is 0 Å². The van der Waals surface area contributed by atoms with Crippen molar-refractivity contribution in [3.05, 3.63) is 71.1 Å². The Morgan fingerprint density at radius 2 is 1.92 bits per heavy atom. The van der Waals surface area contributed by atoms with E-state index in [9.17, 15) is 9.18 Å². The van der Waals surface area contributed by atoms with Crippen LogP contribution in [0.5, 0.6) is 0 Å². The molecule has 0 aliphatic carbocycles. The van der Waals surface area contributed by atoms with Gasteiger partial charge in [-0.05, 0) is 61.2 Å². The quantitative estimate of drug-likeness (QED) is 0.739. The van der Waals surface area contributed by atoms with E-state index in [-0.39, 0.29) is 17.8 Å². The summed E-state index contributed by atoms with van der Waals surface area (Å²) in [6.45, 7) is 5.53. The SMILES string of the molecule is CC[C@@H](NC(=O)c1ccc(-c2ccc(F)cc2C)cc1)c1nc(C)no1. The molecule has 1 N–H and O–H groups in total. The molecule has 3 aromatic rings. The third-order valence-electron chi connectivity index (χ3n) is 4.20. The lowest BCUT2D eigenvalue weighted by Gasteiger charge is -2.13. The smallest absolute Gasteiger partial charge is 0.251 e. The molecule has 0 radical (unpaired) electrons. The predicted molar refractivity (Wildman–Crippen MR) is 96.1 cm³/mol. The number of nitrogens with one attached hydrogen (secondary N) is 1. The number of carbonyl (C=O) groups is 1. The molecule has 0 aliphatic heterocycles. The van der Waals surface area contributed by atoms with Crippen LogP contribution in [0.4, 0.5) is 4.39 Å². The van der Waals surface area contributed by atoms with Crippen molar-refractivity contribution in [3.63, 3.8) is 0 Å². The maximum atomic E-state index is 13.3. The van der Waals surface area contributed by atoms with Crippen molar-refractivity contribution in [1.29, 1.82) is 0 Å². The van der Waals surface area contributed by atoms with Gasteiger partial charge in [0.15, 0.2) is 5.82 Å². The first-order chi connectivity index (χ1) is 12.5. The number of aryl methyl sites for hydroxylation is 2. The summed E-state index contributed by atoms with van der Waals surface area (Å²) in [5, 5.41) is 6.67. The van der Waals surface area contributed by atoms with Crippen LogP contribution >= 0.6 is 0 Å². The molecule has 0 spiro atoms. The number of rotatable bonds is 5. The van der Waals surface area contributed by atoms with E-state index in [1.54, 1.807) is 25.1 Å². The molecule has 2 aromatic carbocycles. The van der Waals surface area contributed by atoms with Gasteiger partial charge in [0.1, 0.15) is 11.9 Å². The Hall–Kier alpha value is -3.02. The number of amides is 1. The van der Waals surface area contributed by atoms with Crippen molar-refractivity contribution < 1.29 is 13.7 Å². The summed E-state index contributed by atoms with van der Waals surface area (Å²) < 4.78 is 18.4. The van der Waals surface area contributed by atoms with Crippen molar-refractivity contribution in [1.82, 2.24) is 15.5 Å². The first-order valence-electron chi connectivity index (χ1n) is 8.45. The van der Waals surface area contributed by atoms with Crippen LogP contribution < -0.4 is 5.32 Å².